The highest BCUT2D eigenvalue weighted by Crippen LogP contribution is 2.38. The number of aliphatic hydroxyl groups is 1. The van der Waals surface area contributed by atoms with Crippen LogP contribution in [0.4, 0.5) is 4.79 Å². The summed E-state index contributed by atoms with van der Waals surface area (Å²) in [6.45, 7) is 0. The normalized spacial score (nSPS) is 32.7. The van der Waals surface area contributed by atoms with Crippen molar-refractivity contribution in [2.24, 2.45) is 5.92 Å². The zero-order valence-corrected chi connectivity index (χ0v) is 9.77. The number of nitrogens with zero attached hydrogens (tertiary/aromatic N) is 2. The quantitative estimate of drug-likeness (QED) is 0.672. The second-order valence-electron chi connectivity index (χ2n) is 4.77. The minimum absolute atomic E-state index is 0.118. The van der Waals surface area contributed by atoms with Crippen LogP contribution in [-0.2, 0) is 4.79 Å². The molecule has 90 valence electrons. The predicted molar refractivity (Wildman–Crippen MR) is 57.5 cm³/mol. The molecule has 1 aliphatic carbocycles. The average molecular weight is 226 g/mol. The molecule has 1 aliphatic heterocycles. The molecular formula is C11H18N2O3. The Balaban J connectivity index is 2.28. The van der Waals surface area contributed by atoms with Crippen LogP contribution in [0.3, 0.4) is 0 Å². The van der Waals surface area contributed by atoms with E-state index in [-0.39, 0.29) is 5.92 Å². The fourth-order valence-corrected chi connectivity index (χ4v) is 2.80. The maximum atomic E-state index is 12.0. The van der Waals surface area contributed by atoms with Gasteiger partial charge in [0.1, 0.15) is 0 Å². The number of urea groups is 1. The molecule has 0 aromatic carbocycles. The van der Waals surface area contributed by atoms with Crippen molar-refractivity contribution in [2.75, 3.05) is 14.1 Å². The number of carbonyl (C=O) groups is 2. The number of carbonyl (C=O) groups excluding carboxylic acids is 2. The average Bonchev–Trinajstić information content (AvgIpc) is 2.47. The van der Waals surface area contributed by atoms with Crippen LogP contribution < -0.4 is 0 Å². The molecule has 0 spiro atoms. The van der Waals surface area contributed by atoms with Gasteiger partial charge < -0.3 is 5.11 Å². The van der Waals surface area contributed by atoms with Gasteiger partial charge in [-0.1, -0.05) is 19.3 Å². The second kappa shape index (κ2) is 3.73. The van der Waals surface area contributed by atoms with Crippen molar-refractivity contribution in [3.05, 3.63) is 0 Å². The van der Waals surface area contributed by atoms with E-state index in [4.69, 9.17) is 0 Å². The number of imide groups is 1. The van der Waals surface area contributed by atoms with Crippen LogP contribution >= 0.6 is 0 Å². The zero-order chi connectivity index (χ0) is 11.9. The van der Waals surface area contributed by atoms with E-state index in [9.17, 15) is 14.7 Å². The highest BCUT2D eigenvalue weighted by Gasteiger charge is 2.57. The Morgan fingerprint density at radius 3 is 2.19 bits per heavy atom. The number of hydrogen-bond acceptors (Lipinski definition) is 3. The van der Waals surface area contributed by atoms with Crippen LogP contribution in [0, 0.1) is 5.92 Å². The standard InChI is InChI=1S/C11H18N2O3/c1-12-9(14)11(16,13(2)10(12)15)8-6-4-3-5-7-8/h8,16H,3-7H2,1-2H3. The van der Waals surface area contributed by atoms with Gasteiger partial charge in [0, 0.05) is 20.0 Å². The summed E-state index contributed by atoms with van der Waals surface area (Å²) in [5, 5.41) is 10.5. The van der Waals surface area contributed by atoms with E-state index in [1.807, 2.05) is 0 Å². The summed E-state index contributed by atoms with van der Waals surface area (Å²) in [5.41, 5.74) is -1.60. The van der Waals surface area contributed by atoms with Crippen molar-refractivity contribution >= 4 is 11.9 Å². The first-order valence-electron chi connectivity index (χ1n) is 5.78. The third kappa shape index (κ3) is 1.34. The molecule has 2 rings (SSSR count). The van der Waals surface area contributed by atoms with Crippen LogP contribution in [0.1, 0.15) is 32.1 Å². The Kier molecular flexibility index (Phi) is 2.66. The SMILES string of the molecule is CN1C(=O)N(C)C(O)(C2CCCCC2)C1=O. The number of amides is 3. The first kappa shape index (κ1) is 11.4. The Morgan fingerprint density at radius 2 is 1.75 bits per heavy atom. The topological polar surface area (TPSA) is 60.9 Å². The molecule has 1 atom stereocenters. The highest BCUT2D eigenvalue weighted by molar-refractivity contribution is 6.05. The molecule has 0 aromatic heterocycles. The van der Waals surface area contributed by atoms with Gasteiger partial charge in [0.25, 0.3) is 5.91 Å². The number of rotatable bonds is 1. The molecule has 3 amide bonds. The van der Waals surface area contributed by atoms with Gasteiger partial charge in [0.15, 0.2) is 0 Å². The molecule has 1 saturated heterocycles. The van der Waals surface area contributed by atoms with Crippen molar-refractivity contribution in [3.8, 4) is 0 Å². The van der Waals surface area contributed by atoms with E-state index >= 15 is 0 Å². The van der Waals surface area contributed by atoms with Gasteiger partial charge in [0.2, 0.25) is 5.72 Å². The van der Waals surface area contributed by atoms with Crippen molar-refractivity contribution in [2.45, 2.75) is 37.8 Å². The minimum atomic E-state index is -1.60. The summed E-state index contributed by atoms with van der Waals surface area (Å²) in [6.07, 6.45) is 4.81. The summed E-state index contributed by atoms with van der Waals surface area (Å²) in [4.78, 5) is 25.8. The van der Waals surface area contributed by atoms with Gasteiger partial charge in [-0.2, -0.15) is 0 Å². The first-order chi connectivity index (χ1) is 7.49. The maximum Gasteiger partial charge on any atom is 0.328 e. The summed E-state index contributed by atoms with van der Waals surface area (Å²) in [7, 11) is 2.92. The lowest BCUT2D eigenvalue weighted by atomic mass is 9.81. The monoisotopic (exact) mass is 226 g/mol. The Labute approximate surface area is 95.0 Å². The summed E-state index contributed by atoms with van der Waals surface area (Å²) in [5.74, 6) is -0.598. The largest absolute Gasteiger partial charge is 0.363 e. The molecular weight excluding hydrogens is 208 g/mol. The Bertz CT molecular complexity index is 325. The summed E-state index contributed by atoms with van der Waals surface area (Å²) < 4.78 is 0. The second-order valence-corrected chi connectivity index (χ2v) is 4.77. The predicted octanol–water partition coefficient (Wildman–Crippen LogP) is 0.779. The maximum absolute atomic E-state index is 12.0. The van der Waals surface area contributed by atoms with Crippen molar-refractivity contribution in [1.82, 2.24) is 9.80 Å². The molecule has 0 bridgehead atoms. The lowest BCUT2D eigenvalue weighted by molar-refractivity contribution is -0.163. The molecule has 16 heavy (non-hydrogen) atoms. The van der Waals surface area contributed by atoms with Gasteiger partial charge in [-0.15, -0.1) is 0 Å². The molecule has 2 fully saturated rings. The number of hydrogen-bond donors (Lipinski definition) is 1. The molecule has 5 heteroatoms. The fraction of sp³-hybridized carbons (Fsp3) is 0.818. The van der Waals surface area contributed by atoms with Crippen LogP contribution in [-0.4, -0.2) is 46.7 Å². The molecule has 2 aliphatic rings. The van der Waals surface area contributed by atoms with Gasteiger partial charge in [-0.3, -0.25) is 14.6 Å². The van der Waals surface area contributed by atoms with E-state index < -0.39 is 17.7 Å². The molecule has 0 radical (unpaired) electrons. The van der Waals surface area contributed by atoms with E-state index in [2.05, 4.69) is 0 Å². The fourth-order valence-electron chi connectivity index (χ4n) is 2.80. The van der Waals surface area contributed by atoms with Gasteiger partial charge in [0.05, 0.1) is 0 Å². The molecule has 1 N–H and O–H groups in total. The van der Waals surface area contributed by atoms with Crippen LogP contribution in [0.25, 0.3) is 0 Å². The highest BCUT2D eigenvalue weighted by atomic mass is 16.3. The lowest BCUT2D eigenvalue weighted by Gasteiger charge is -2.36. The first-order valence-corrected chi connectivity index (χ1v) is 5.78. The Hall–Kier alpha value is -1.10. The molecule has 1 saturated carbocycles. The molecule has 0 aromatic rings. The van der Waals surface area contributed by atoms with Crippen molar-refractivity contribution in [1.29, 1.82) is 0 Å². The molecule has 1 unspecified atom stereocenters. The van der Waals surface area contributed by atoms with Crippen LogP contribution in [0.15, 0.2) is 0 Å². The van der Waals surface area contributed by atoms with E-state index in [1.54, 1.807) is 0 Å². The smallest absolute Gasteiger partial charge is 0.328 e. The summed E-state index contributed by atoms with van der Waals surface area (Å²) >= 11 is 0. The Morgan fingerprint density at radius 1 is 1.19 bits per heavy atom. The molecule has 5 nitrogen and oxygen atoms in total. The van der Waals surface area contributed by atoms with E-state index in [0.29, 0.717) is 0 Å². The van der Waals surface area contributed by atoms with Gasteiger partial charge >= 0.3 is 6.03 Å². The zero-order valence-electron chi connectivity index (χ0n) is 9.77. The van der Waals surface area contributed by atoms with Crippen LogP contribution in [0.2, 0.25) is 0 Å². The lowest BCUT2D eigenvalue weighted by Crippen LogP contribution is -2.54. The minimum Gasteiger partial charge on any atom is -0.363 e. The third-order valence-corrected chi connectivity index (χ3v) is 3.88. The van der Waals surface area contributed by atoms with Gasteiger partial charge in [-0.05, 0) is 12.8 Å². The third-order valence-electron chi connectivity index (χ3n) is 3.88. The van der Waals surface area contributed by atoms with E-state index in [0.717, 1.165) is 37.0 Å². The van der Waals surface area contributed by atoms with Crippen molar-refractivity contribution < 1.29 is 14.7 Å². The molecule has 1 heterocycles. The van der Waals surface area contributed by atoms with E-state index in [1.165, 1.54) is 19.0 Å². The van der Waals surface area contributed by atoms with Crippen LogP contribution in [0.5, 0.6) is 0 Å². The van der Waals surface area contributed by atoms with Gasteiger partial charge in [-0.25, -0.2) is 4.79 Å². The summed E-state index contributed by atoms with van der Waals surface area (Å²) in [6, 6.07) is -0.418. The van der Waals surface area contributed by atoms with Crippen molar-refractivity contribution in [3.63, 3.8) is 0 Å². The number of likely N-dealkylation sites (N-methyl/N-ethyl adjacent to an activating group) is 2.